The second-order valence-electron chi connectivity index (χ2n) is 9.84. The zero-order chi connectivity index (χ0) is 25.7. The number of phenols is 1. The molecule has 0 fully saturated rings. The number of hydrogen-bond acceptors (Lipinski definition) is 6. The molecule has 182 valence electrons. The van der Waals surface area contributed by atoms with Crippen LogP contribution in [0, 0.1) is 0 Å². The lowest BCUT2D eigenvalue weighted by Gasteiger charge is -2.51. The monoisotopic (exact) mass is 492 g/mol. The van der Waals surface area contributed by atoms with Crippen LogP contribution >= 0.6 is 0 Å². The topological polar surface area (TPSA) is 106 Å². The van der Waals surface area contributed by atoms with Crippen LogP contribution < -0.4 is 5.43 Å². The SMILES string of the molecule is CC12OOC(C)(c3ccccc31)c1cc(-c3c4ccc(=O)cc-4oc4cc(O)ccc34)c(C(=O)O)cc12. The minimum Gasteiger partial charge on any atom is -0.508 e. The van der Waals surface area contributed by atoms with Gasteiger partial charge in [0.1, 0.15) is 17.1 Å². The van der Waals surface area contributed by atoms with Crippen molar-refractivity contribution in [1.29, 1.82) is 0 Å². The number of phenolic OH excluding ortho intramolecular Hbond substituents is 1. The molecule has 2 unspecified atom stereocenters. The van der Waals surface area contributed by atoms with E-state index in [1.54, 1.807) is 18.2 Å². The molecule has 0 radical (unpaired) electrons. The molecule has 0 aromatic heterocycles. The molecule has 2 N–H and O–H groups in total. The smallest absolute Gasteiger partial charge is 0.336 e. The van der Waals surface area contributed by atoms with E-state index in [0.29, 0.717) is 33.4 Å². The van der Waals surface area contributed by atoms with Gasteiger partial charge in [0, 0.05) is 28.6 Å². The van der Waals surface area contributed by atoms with Crippen LogP contribution in [0.1, 0.15) is 46.5 Å². The number of carbonyl (C=O) groups is 1. The maximum atomic E-state index is 12.7. The molecule has 2 atom stereocenters. The van der Waals surface area contributed by atoms with E-state index in [-0.39, 0.29) is 16.7 Å². The summed E-state index contributed by atoms with van der Waals surface area (Å²) in [5.41, 5.74) is 3.18. The van der Waals surface area contributed by atoms with Crippen molar-refractivity contribution in [1.82, 2.24) is 0 Å². The average Bonchev–Trinajstić information content (AvgIpc) is 2.88. The minimum atomic E-state index is -1.11. The Kier molecular flexibility index (Phi) is 4.16. The molecule has 0 amide bonds. The number of carboxylic acids is 1. The van der Waals surface area contributed by atoms with Gasteiger partial charge in [-0.25, -0.2) is 14.6 Å². The molecule has 3 aromatic rings. The van der Waals surface area contributed by atoms with Crippen LogP contribution in [0.25, 0.3) is 33.4 Å². The quantitative estimate of drug-likeness (QED) is 0.238. The fraction of sp³-hybridized carbons (Fsp3) is 0.133. The molecule has 0 saturated heterocycles. The van der Waals surface area contributed by atoms with Crippen molar-refractivity contribution in [3.05, 3.63) is 111 Å². The van der Waals surface area contributed by atoms with Crippen LogP contribution in [0.2, 0.25) is 0 Å². The average molecular weight is 492 g/mol. The number of aromatic hydroxyl groups is 1. The molecule has 37 heavy (non-hydrogen) atoms. The highest BCUT2D eigenvalue weighted by Crippen LogP contribution is 2.57. The fourth-order valence-electron chi connectivity index (χ4n) is 5.87. The minimum absolute atomic E-state index is 0.0105. The predicted octanol–water partition coefficient (Wildman–Crippen LogP) is 5.77. The molecule has 0 spiro atoms. The summed E-state index contributed by atoms with van der Waals surface area (Å²) in [5.74, 6) is -0.827. The Hall–Kier alpha value is -4.46. The zero-order valence-electron chi connectivity index (χ0n) is 19.9. The first-order chi connectivity index (χ1) is 17.7. The van der Waals surface area contributed by atoms with Gasteiger partial charge in [-0.1, -0.05) is 24.3 Å². The van der Waals surface area contributed by atoms with Crippen LogP contribution in [0.4, 0.5) is 0 Å². The summed E-state index contributed by atoms with van der Waals surface area (Å²) >= 11 is 0. The maximum absolute atomic E-state index is 12.7. The van der Waals surface area contributed by atoms with Gasteiger partial charge in [0.05, 0.1) is 5.56 Å². The van der Waals surface area contributed by atoms with E-state index in [2.05, 4.69) is 0 Å². The third kappa shape index (κ3) is 2.78. The lowest BCUT2D eigenvalue weighted by molar-refractivity contribution is -0.421. The highest BCUT2D eigenvalue weighted by atomic mass is 17.2. The van der Waals surface area contributed by atoms with Crippen LogP contribution in [0.3, 0.4) is 0 Å². The fourth-order valence-corrected chi connectivity index (χ4v) is 5.87. The summed E-state index contributed by atoms with van der Waals surface area (Å²) in [7, 11) is 0. The molecular weight excluding hydrogens is 472 g/mol. The number of fused-ring (bicyclic) bond motifs is 3. The van der Waals surface area contributed by atoms with E-state index >= 15 is 0 Å². The Labute approximate surface area is 210 Å². The Morgan fingerprint density at radius 3 is 2.14 bits per heavy atom. The molecule has 2 bridgehead atoms. The number of rotatable bonds is 2. The van der Waals surface area contributed by atoms with Gasteiger partial charge >= 0.3 is 5.97 Å². The molecule has 5 aliphatic rings. The molecule has 7 heteroatoms. The summed E-state index contributed by atoms with van der Waals surface area (Å²) < 4.78 is 5.96. The van der Waals surface area contributed by atoms with Gasteiger partial charge in [-0.2, -0.15) is 0 Å². The predicted molar refractivity (Wildman–Crippen MR) is 135 cm³/mol. The molecular formula is C30H20O7. The van der Waals surface area contributed by atoms with Crippen molar-refractivity contribution in [2.75, 3.05) is 0 Å². The van der Waals surface area contributed by atoms with E-state index in [1.165, 1.54) is 24.3 Å². The second kappa shape index (κ2) is 7.06. The van der Waals surface area contributed by atoms with Crippen molar-refractivity contribution in [2.45, 2.75) is 25.0 Å². The second-order valence-corrected chi connectivity index (χ2v) is 9.84. The van der Waals surface area contributed by atoms with Gasteiger partial charge in [-0.15, -0.1) is 0 Å². The van der Waals surface area contributed by atoms with E-state index in [0.717, 1.165) is 22.3 Å². The van der Waals surface area contributed by atoms with Gasteiger partial charge in [-0.05, 0) is 78.1 Å². The normalized spacial score (nSPS) is 21.7. The maximum Gasteiger partial charge on any atom is 0.336 e. The van der Waals surface area contributed by atoms with E-state index in [1.807, 2.05) is 44.2 Å². The summed E-state index contributed by atoms with van der Waals surface area (Å²) in [6.07, 6.45) is 0. The largest absolute Gasteiger partial charge is 0.508 e. The van der Waals surface area contributed by atoms with Crippen LogP contribution in [-0.2, 0) is 21.0 Å². The third-order valence-electron chi connectivity index (χ3n) is 7.69. The van der Waals surface area contributed by atoms with Crippen molar-refractivity contribution < 1.29 is 29.2 Å². The number of aromatic carboxylic acids is 1. The Balaban J connectivity index is 1.63. The Bertz CT molecular complexity index is 1830. The van der Waals surface area contributed by atoms with Gasteiger partial charge < -0.3 is 14.6 Å². The highest BCUT2D eigenvalue weighted by Gasteiger charge is 2.55. The van der Waals surface area contributed by atoms with Crippen molar-refractivity contribution in [3.63, 3.8) is 0 Å². The van der Waals surface area contributed by atoms with Gasteiger partial charge in [0.2, 0.25) is 0 Å². The van der Waals surface area contributed by atoms with Crippen LogP contribution in [-0.4, -0.2) is 16.2 Å². The molecule has 0 saturated carbocycles. The molecule has 3 aliphatic heterocycles. The zero-order valence-corrected chi connectivity index (χ0v) is 19.9. The summed E-state index contributed by atoms with van der Waals surface area (Å²) in [5, 5.41) is 21.1. The van der Waals surface area contributed by atoms with E-state index in [4.69, 9.17) is 14.2 Å². The first-order valence-corrected chi connectivity index (χ1v) is 11.8. The van der Waals surface area contributed by atoms with E-state index in [9.17, 15) is 19.8 Å². The third-order valence-corrected chi connectivity index (χ3v) is 7.69. The van der Waals surface area contributed by atoms with Crippen molar-refractivity contribution in [3.8, 4) is 28.2 Å². The molecule has 7 nitrogen and oxygen atoms in total. The van der Waals surface area contributed by atoms with E-state index < -0.39 is 17.2 Å². The summed E-state index contributed by atoms with van der Waals surface area (Å²) in [6.45, 7) is 3.78. The Morgan fingerprint density at radius 2 is 1.46 bits per heavy atom. The number of carboxylic acid groups (broad SMARTS) is 1. The molecule has 2 aliphatic carbocycles. The van der Waals surface area contributed by atoms with Crippen LogP contribution in [0.15, 0.2) is 82.0 Å². The lowest BCUT2D eigenvalue weighted by Crippen LogP contribution is -2.49. The van der Waals surface area contributed by atoms with Crippen molar-refractivity contribution >= 4 is 16.9 Å². The highest BCUT2D eigenvalue weighted by molar-refractivity contribution is 6.08. The first kappa shape index (κ1) is 21.8. The van der Waals surface area contributed by atoms with Gasteiger partial charge in [0.15, 0.2) is 16.6 Å². The number of hydrogen-bond donors (Lipinski definition) is 2. The molecule has 3 heterocycles. The van der Waals surface area contributed by atoms with Gasteiger partial charge in [-0.3, -0.25) is 4.79 Å². The molecule has 3 aromatic carbocycles. The summed E-state index contributed by atoms with van der Waals surface area (Å²) in [4.78, 5) is 36.7. The standard InChI is InChI=1S/C30H20O7/c1-29-21-5-3-4-6-22(21)30(2,37-36-29)24-14-20(28(33)34)19(13-23(24)29)27-17-9-7-15(31)11-25(17)35-26-12-16(32)8-10-18(26)27/h3-14,31H,1-2H3,(H,33,34). The number of benzene rings is 4. The summed E-state index contributed by atoms with van der Waals surface area (Å²) in [6, 6.07) is 20.4. The van der Waals surface area contributed by atoms with Crippen LogP contribution in [0.5, 0.6) is 5.75 Å². The van der Waals surface area contributed by atoms with Gasteiger partial charge in [0.25, 0.3) is 0 Å². The molecule has 8 rings (SSSR count). The Morgan fingerprint density at radius 1 is 0.784 bits per heavy atom. The lowest BCUT2D eigenvalue weighted by atomic mass is 9.67. The first-order valence-electron chi connectivity index (χ1n) is 11.8. The van der Waals surface area contributed by atoms with Crippen molar-refractivity contribution in [2.24, 2.45) is 0 Å².